The van der Waals surface area contributed by atoms with Gasteiger partial charge in [-0.15, -0.1) is 5.06 Å². The summed E-state index contributed by atoms with van der Waals surface area (Å²) in [5.41, 5.74) is -2.59. The van der Waals surface area contributed by atoms with E-state index in [1.54, 1.807) is 62.3 Å². The maximum atomic E-state index is 14.4. The highest BCUT2D eigenvalue weighted by molar-refractivity contribution is 6.01. The largest absolute Gasteiger partial charge is 0.458 e. The Balaban J connectivity index is 2.28. The number of carbonyl (C=O) groups excluding carboxylic acids is 8. The van der Waals surface area contributed by atoms with Gasteiger partial charge in [-0.3, -0.25) is 28.9 Å². The first-order chi connectivity index (χ1) is 26.5. The van der Waals surface area contributed by atoms with Crippen molar-refractivity contribution >= 4 is 47.6 Å². The van der Waals surface area contributed by atoms with Gasteiger partial charge >= 0.3 is 18.0 Å². The third-order valence-corrected chi connectivity index (χ3v) is 9.16. The van der Waals surface area contributed by atoms with E-state index in [0.29, 0.717) is 5.06 Å². The van der Waals surface area contributed by atoms with Gasteiger partial charge in [-0.25, -0.2) is 14.4 Å². The van der Waals surface area contributed by atoms with E-state index >= 15 is 0 Å². The lowest BCUT2D eigenvalue weighted by Gasteiger charge is -2.42. The lowest BCUT2D eigenvalue weighted by atomic mass is 9.76. The molecule has 0 aromatic heterocycles. The van der Waals surface area contributed by atoms with Gasteiger partial charge in [0, 0.05) is 44.5 Å². The number of esters is 1. The summed E-state index contributed by atoms with van der Waals surface area (Å²) in [6, 6.07) is 5.76. The number of benzene rings is 1. The van der Waals surface area contributed by atoms with Crippen LogP contribution in [0.2, 0.25) is 0 Å². The highest BCUT2D eigenvalue weighted by Gasteiger charge is 2.45. The monoisotopic (exact) mass is 813 g/mol. The molecule has 1 aromatic carbocycles. The topological polar surface area (TPSA) is 198 Å². The third-order valence-electron chi connectivity index (χ3n) is 9.16. The maximum Gasteiger partial charge on any atom is 0.410 e. The van der Waals surface area contributed by atoms with Gasteiger partial charge in [0.05, 0.1) is 6.42 Å². The SMILES string of the molecule is C/C(=C\CN(C)C(=O)C(NC(=O)[C@@H](N(C)C(=O)OC(C)(C)C)C(C)(C)c1ccccc1)C(C)(C)C)C(=O)N[C@H](CCC(=O)ON1C(=O)CCC1=O)C(=O)OC(C)(C)C. The van der Waals surface area contributed by atoms with Crippen LogP contribution < -0.4 is 10.6 Å². The first-order valence-electron chi connectivity index (χ1n) is 19.3. The van der Waals surface area contributed by atoms with Crippen LogP contribution in [-0.4, -0.2) is 112 Å². The third kappa shape index (κ3) is 14.3. The fourth-order valence-electron chi connectivity index (χ4n) is 5.96. The summed E-state index contributed by atoms with van der Waals surface area (Å²) < 4.78 is 11.1. The van der Waals surface area contributed by atoms with Crippen LogP contribution in [0.5, 0.6) is 0 Å². The summed E-state index contributed by atoms with van der Waals surface area (Å²) in [6.45, 7) is 20.5. The Morgan fingerprint density at radius 2 is 1.34 bits per heavy atom. The first kappa shape index (κ1) is 48.9. The molecule has 0 saturated carbocycles. The number of ether oxygens (including phenoxy) is 2. The predicted molar refractivity (Wildman–Crippen MR) is 214 cm³/mol. The average Bonchev–Trinajstić information content (AvgIpc) is 3.41. The van der Waals surface area contributed by atoms with Crippen LogP contribution in [0, 0.1) is 5.41 Å². The number of hydroxylamine groups is 2. The van der Waals surface area contributed by atoms with Crippen molar-refractivity contribution in [3.05, 3.63) is 47.5 Å². The molecule has 1 saturated heterocycles. The van der Waals surface area contributed by atoms with Crippen LogP contribution >= 0.6 is 0 Å². The lowest BCUT2D eigenvalue weighted by Crippen LogP contribution is -2.62. The molecule has 2 N–H and O–H groups in total. The molecule has 1 fully saturated rings. The number of hydrogen-bond donors (Lipinski definition) is 2. The van der Waals surface area contributed by atoms with E-state index in [1.165, 1.54) is 36.9 Å². The van der Waals surface area contributed by atoms with Crippen LogP contribution in [0.4, 0.5) is 4.79 Å². The normalized spacial score (nSPS) is 15.5. The predicted octanol–water partition coefficient (Wildman–Crippen LogP) is 4.35. The van der Waals surface area contributed by atoms with Crippen molar-refractivity contribution in [2.24, 2.45) is 5.41 Å². The number of rotatable bonds is 15. The van der Waals surface area contributed by atoms with Gasteiger partial charge in [-0.2, -0.15) is 0 Å². The Morgan fingerprint density at radius 1 is 0.810 bits per heavy atom. The van der Waals surface area contributed by atoms with Crippen molar-refractivity contribution in [1.82, 2.24) is 25.5 Å². The van der Waals surface area contributed by atoms with Crippen molar-refractivity contribution in [3.63, 3.8) is 0 Å². The van der Waals surface area contributed by atoms with Crippen molar-refractivity contribution in [3.8, 4) is 0 Å². The van der Waals surface area contributed by atoms with Gasteiger partial charge in [0.1, 0.15) is 29.3 Å². The van der Waals surface area contributed by atoms with E-state index < -0.39 is 94.1 Å². The number of imide groups is 1. The highest BCUT2D eigenvalue weighted by atomic mass is 16.7. The van der Waals surface area contributed by atoms with Gasteiger partial charge in [-0.05, 0) is 65.9 Å². The van der Waals surface area contributed by atoms with Crippen molar-refractivity contribution < 1.29 is 52.7 Å². The molecule has 1 heterocycles. The van der Waals surface area contributed by atoms with Crippen molar-refractivity contribution in [2.45, 2.75) is 144 Å². The van der Waals surface area contributed by atoms with Gasteiger partial charge in [0.2, 0.25) is 17.7 Å². The number of hydrogen-bond acceptors (Lipinski definition) is 11. The van der Waals surface area contributed by atoms with Gasteiger partial charge in [0.15, 0.2) is 0 Å². The Hall–Kier alpha value is -5.28. The number of likely N-dealkylation sites (N-methyl/N-ethyl adjacent to an activating group) is 2. The summed E-state index contributed by atoms with van der Waals surface area (Å²) in [6.07, 6.45) is -0.103. The summed E-state index contributed by atoms with van der Waals surface area (Å²) in [5, 5.41) is 5.89. The Labute approximate surface area is 342 Å². The molecule has 1 aliphatic heterocycles. The quantitative estimate of drug-likeness (QED) is 0.145. The standard InChI is InChI=1S/C42H63N5O11/c1-26(34(51)43-28(37(54)56-40(5,6)7)20-23-31(50)58-47-29(48)21-22-30(47)49)24-25-45(13)36(53)32(39(2,3)4)44-35(52)33(46(14)38(55)57-41(8,9)10)42(11,12)27-18-16-15-17-19-27/h15-19,24,28,32-33H,20-23,25H2,1-14H3,(H,43,51)(H,44,52)/b26-24+/t28-,32?,33-/m1/s1. The van der Waals surface area contributed by atoms with E-state index in [9.17, 15) is 38.4 Å². The van der Waals surface area contributed by atoms with E-state index in [2.05, 4.69) is 10.6 Å². The van der Waals surface area contributed by atoms with Gasteiger partial charge in [0.25, 0.3) is 11.8 Å². The molecular weight excluding hydrogens is 750 g/mol. The molecule has 322 valence electrons. The molecule has 0 bridgehead atoms. The molecular formula is C42H63N5O11. The fraction of sp³-hybridized carbons (Fsp3) is 0.619. The van der Waals surface area contributed by atoms with E-state index in [1.807, 2.05) is 44.2 Å². The van der Waals surface area contributed by atoms with E-state index in [4.69, 9.17) is 14.3 Å². The molecule has 6 amide bonds. The second-order valence-electron chi connectivity index (χ2n) is 18.1. The molecule has 16 heteroatoms. The van der Waals surface area contributed by atoms with E-state index in [0.717, 1.165) is 5.56 Å². The number of carbonyl (C=O) groups is 8. The fourth-order valence-corrected chi connectivity index (χ4v) is 5.96. The second-order valence-corrected chi connectivity index (χ2v) is 18.1. The molecule has 1 aromatic rings. The first-order valence-corrected chi connectivity index (χ1v) is 19.3. The van der Waals surface area contributed by atoms with E-state index in [-0.39, 0.29) is 31.4 Å². The number of nitrogens with one attached hydrogen (secondary N) is 2. The molecule has 0 spiro atoms. The zero-order valence-electron chi connectivity index (χ0n) is 36.6. The molecule has 1 unspecified atom stereocenters. The minimum Gasteiger partial charge on any atom is -0.458 e. The zero-order valence-corrected chi connectivity index (χ0v) is 36.6. The molecule has 2 rings (SSSR count). The average molecular weight is 814 g/mol. The van der Waals surface area contributed by atoms with Crippen LogP contribution in [0.1, 0.15) is 114 Å². The number of amides is 6. The maximum absolute atomic E-state index is 14.4. The lowest BCUT2D eigenvalue weighted by molar-refractivity contribution is -0.197. The van der Waals surface area contributed by atoms with Crippen LogP contribution in [0.15, 0.2) is 42.0 Å². The van der Waals surface area contributed by atoms with Crippen LogP contribution in [-0.2, 0) is 53.3 Å². The second kappa shape index (κ2) is 19.4. The minimum absolute atomic E-state index is 0.0708. The molecule has 0 aliphatic carbocycles. The summed E-state index contributed by atoms with van der Waals surface area (Å²) in [4.78, 5) is 112. The molecule has 3 atom stereocenters. The van der Waals surface area contributed by atoms with Crippen molar-refractivity contribution in [2.75, 3.05) is 20.6 Å². The molecule has 16 nitrogen and oxygen atoms in total. The Morgan fingerprint density at radius 3 is 1.84 bits per heavy atom. The Kier molecular flexibility index (Phi) is 16.4. The molecule has 58 heavy (non-hydrogen) atoms. The zero-order chi connectivity index (χ0) is 44.6. The Bertz CT molecular complexity index is 1720. The van der Waals surface area contributed by atoms with Gasteiger partial charge < -0.3 is 29.8 Å². The van der Waals surface area contributed by atoms with Crippen LogP contribution in [0.25, 0.3) is 0 Å². The van der Waals surface area contributed by atoms with Crippen LogP contribution in [0.3, 0.4) is 0 Å². The summed E-state index contributed by atoms with van der Waals surface area (Å²) in [7, 11) is 3.00. The summed E-state index contributed by atoms with van der Waals surface area (Å²) in [5.74, 6) is -4.82. The minimum atomic E-state index is -1.31. The number of nitrogens with zero attached hydrogens (tertiary/aromatic N) is 3. The molecule has 1 aliphatic rings. The van der Waals surface area contributed by atoms with Crippen molar-refractivity contribution in [1.29, 1.82) is 0 Å². The van der Waals surface area contributed by atoms with Gasteiger partial charge in [-0.1, -0.05) is 71.0 Å². The smallest absolute Gasteiger partial charge is 0.410 e. The highest BCUT2D eigenvalue weighted by Crippen LogP contribution is 2.32. The molecule has 0 radical (unpaired) electrons. The summed E-state index contributed by atoms with van der Waals surface area (Å²) >= 11 is 0.